The lowest BCUT2D eigenvalue weighted by Crippen LogP contribution is -2.52. The molecule has 1 N–H and O–H groups in total. The van der Waals surface area contributed by atoms with Gasteiger partial charge in [0.1, 0.15) is 6.54 Å². The van der Waals surface area contributed by atoms with Crippen LogP contribution in [-0.2, 0) is 16.0 Å². The van der Waals surface area contributed by atoms with E-state index in [1.165, 1.54) is 35.8 Å². The standard InChI is InChI=1S/C30H37N3O4/c34-28(20-31-15-13-23(14-16-31)17-22-7-3-1-4-8-22)33-21-29(35)32(19-24-9-5-2-6-10-24)26-12-11-25(30(36)37)18-27(26)33/h1,3-4,7-8,11-12,18,23-24H,2,5-6,9-10,13-17,19-21H2,(H,36,37). The minimum Gasteiger partial charge on any atom is -0.478 e. The average Bonchev–Trinajstić information content (AvgIpc) is 2.92. The third-order valence-corrected chi connectivity index (χ3v) is 8.30. The molecule has 2 aromatic rings. The number of carbonyl (C=O) groups is 3. The Labute approximate surface area is 219 Å². The number of aromatic carboxylic acids is 1. The van der Waals surface area contributed by atoms with Gasteiger partial charge in [-0.1, -0.05) is 49.6 Å². The summed E-state index contributed by atoms with van der Waals surface area (Å²) in [4.78, 5) is 43.9. The highest BCUT2D eigenvalue weighted by Gasteiger charge is 2.35. The highest BCUT2D eigenvalue weighted by molar-refractivity contribution is 6.12. The maximum atomic E-state index is 13.5. The lowest BCUT2D eigenvalue weighted by Gasteiger charge is -2.39. The van der Waals surface area contributed by atoms with E-state index in [-0.39, 0.29) is 30.5 Å². The summed E-state index contributed by atoms with van der Waals surface area (Å²) >= 11 is 0. The molecule has 1 saturated heterocycles. The van der Waals surface area contributed by atoms with E-state index in [0.717, 1.165) is 45.2 Å². The summed E-state index contributed by atoms with van der Waals surface area (Å²) in [6.07, 6.45) is 8.96. The number of rotatable bonds is 7. The number of hydrogen-bond donors (Lipinski definition) is 1. The van der Waals surface area contributed by atoms with Crippen molar-refractivity contribution in [3.05, 3.63) is 59.7 Å². The monoisotopic (exact) mass is 503 g/mol. The summed E-state index contributed by atoms with van der Waals surface area (Å²) in [7, 11) is 0. The Morgan fingerprint density at radius 2 is 1.59 bits per heavy atom. The third-order valence-electron chi connectivity index (χ3n) is 8.30. The Bertz CT molecular complexity index is 1120. The Morgan fingerprint density at radius 3 is 2.30 bits per heavy atom. The molecule has 2 heterocycles. The number of nitrogens with zero attached hydrogens (tertiary/aromatic N) is 3. The molecule has 3 aliphatic rings. The summed E-state index contributed by atoms with van der Waals surface area (Å²) in [6.45, 7) is 2.54. The van der Waals surface area contributed by atoms with Crippen molar-refractivity contribution in [1.82, 2.24) is 4.90 Å². The van der Waals surface area contributed by atoms with E-state index in [1.807, 2.05) is 6.07 Å². The van der Waals surface area contributed by atoms with Crippen molar-refractivity contribution >= 4 is 29.2 Å². The van der Waals surface area contributed by atoms with Gasteiger partial charge in [-0.2, -0.15) is 0 Å². The molecule has 37 heavy (non-hydrogen) atoms. The summed E-state index contributed by atoms with van der Waals surface area (Å²) in [5.74, 6) is -0.208. The van der Waals surface area contributed by atoms with E-state index in [2.05, 4.69) is 29.2 Å². The van der Waals surface area contributed by atoms with Crippen LogP contribution in [0.25, 0.3) is 0 Å². The number of carboxylic acids is 1. The molecule has 2 aromatic carbocycles. The van der Waals surface area contributed by atoms with Crippen LogP contribution in [0.1, 0.15) is 60.9 Å². The first kappa shape index (κ1) is 25.5. The molecule has 0 bridgehead atoms. The molecule has 2 aliphatic heterocycles. The quantitative estimate of drug-likeness (QED) is 0.597. The number of carboxylic acid groups (broad SMARTS) is 1. The molecule has 196 valence electrons. The second-order valence-corrected chi connectivity index (χ2v) is 10.9. The fourth-order valence-corrected chi connectivity index (χ4v) is 6.16. The Morgan fingerprint density at radius 1 is 0.865 bits per heavy atom. The zero-order valence-electron chi connectivity index (χ0n) is 21.5. The van der Waals surface area contributed by atoms with Crippen molar-refractivity contribution in [3.8, 4) is 0 Å². The van der Waals surface area contributed by atoms with Gasteiger partial charge in [-0.3, -0.25) is 19.4 Å². The third kappa shape index (κ3) is 6.04. The second kappa shape index (κ2) is 11.5. The molecule has 0 atom stereocenters. The van der Waals surface area contributed by atoms with Crippen molar-refractivity contribution in [2.24, 2.45) is 11.8 Å². The summed E-state index contributed by atoms with van der Waals surface area (Å²) in [5.41, 5.74) is 2.68. The summed E-state index contributed by atoms with van der Waals surface area (Å²) in [6, 6.07) is 15.3. The van der Waals surface area contributed by atoms with E-state index >= 15 is 0 Å². The lowest BCUT2D eigenvalue weighted by atomic mass is 9.88. The van der Waals surface area contributed by atoms with Gasteiger partial charge >= 0.3 is 5.97 Å². The number of amides is 2. The molecule has 2 fully saturated rings. The van der Waals surface area contributed by atoms with Gasteiger partial charge in [-0.15, -0.1) is 0 Å². The van der Waals surface area contributed by atoms with Crippen LogP contribution in [0.3, 0.4) is 0 Å². The minimum absolute atomic E-state index is 0.0356. The van der Waals surface area contributed by atoms with Gasteiger partial charge in [0, 0.05) is 6.54 Å². The van der Waals surface area contributed by atoms with Crippen molar-refractivity contribution in [3.63, 3.8) is 0 Å². The molecule has 1 saturated carbocycles. The smallest absolute Gasteiger partial charge is 0.335 e. The molecular weight excluding hydrogens is 466 g/mol. The van der Waals surface area contributed by atoms with E-state index in [9.17, 15) is 19.5 Å². The van der Waals surface area contributed by atoms with Gasteiger partial charge in [0.25, 0.3) is 0 Å². The highest BCUT2D eigenvalue weighted by Crippen LogP contribution is 2.37. The van der Waals surface area contributed by atoms with E-state index < -0.39 is 5.97 Å². The fraction of sp³-hybridized carbons (Fsp3) is 0.500. The van der Waals surface area contributed by atoms with Gasteiger partial charge in [0.15, 0.2) is 0 Å². The molecule has 7 heteroatoms. The van der Waals surface area contributed by atoms with Crippen LogP contribution in [0.4, 0.5) is 11.4 Å². The first-order chi connectivity index (χ1) is 18.0. The molecule has 0 aromatic heterocycles. The van der Waals surface area contributed by atoms with Crippen LogP contribution in [0.5, 0.6) is 0 Å². The normalized spacial score (nSPS) is 19.6. The van der Waals surface area contributed by atoms with Crippen molar-refractivity contribution < 1.29 is 19.5 Å². The minimum atomic E-state index is -1.04. The van der Waals surface area contributed by atoms with Crippen LogP contribution >= 0.6 is 0 Å². The number of likely N-dealkylation sites (tertiary alicyclic amines) is 1. The van der Waals surface area contributed by atoms with Crippen LogP contribution in [0, 0.1) is 11.8 Å². The van der Waals surface area contributed by atoms with Gasteiger partial charge in [0.2, 0.25) is 11.8 Å². The molecular formula is C30H37N3O4. The number of hydrogen-bond acceptors (Lipinski definition) is 4. The highest BCUT2D eigenvalue weighted by atomic mass is 16.4. The Balaban J connectivity index is 1.27. The molecule has 2 amide bonds. The summed E-state index contributed by atoms with van der Waals surface area (Å²) in [5, 5.41) is 9.59. The zero-order chi connectivity index (χ0) is 25.8. The number of anilines is 2. The number of carbonyl (C=O) groups excluding carboxylic acids is 2. The molecule has 1 aliphatic carbocycles. The second-order valence-electron chi connectivity index (χ2n) is 10.9. The van der Waals surface area contributed by atoms with Crippen LogP contribution in [-0.4, -0.2) is 60.5 Å². The fourth-order valence-electron chi connectivity index (χ4n) is 6.16. The van der Waals surface area contributed by atoms with Crippen LogP contribution in [0.2, 0.25) is 0 Å². The predicted octanol–water partition coefficient (Wildman–Crippen LogP) is 4.60. The van der Waals surface area contributed by atoms with Crippen molar-refractivity contribution in [1.29, 1.82) is 0 Å². The van der Waals surface area contributed by atoms with E-state index in [1.54, 1.807) is 17.0 Å². The van der Waals surface area contributed by atoms with E-state index in [0.29, 0.717) is 29.8 Å². The van der Waals surface area contributed by atoms with Crippen LogP contribution in [0.15, 0.2) is 48.5 Å². The predicted molar refractivity (Wildman–Crippen MR) is 144 cm³/mol. The van der Waals surface area contributed by atoms with Crippen molar-refractivity contribution in [2.75, 3.05) is 42.5 Å². The van der Waals surface area contributed by atoms with E-state index in [4.69, 9.17) is 0 Å². The lowest BCUT2D eigenvalue weighted by molar-refractivity contribution is -0.123. The summed E-state index contributed by atoms with van der Waals surface area (Å²) < 4.78 is 0. The molecule has 5 rings (SSSR count). The number of fused-ring (bicyclic) bond motifs is 1. The van der Waals surface area contributed by atoms with Gasteiger partial charge in [-0.25, -0.2) is 4.79 Å². The van der Waals surface area contributed by atoms with Gasteiger partial charge in [-0.05, 0) is 80.8 Å². The maximum absolute atomic E-state index is 13.5. The Kier molecular flexibility index (Phi) is 7.89. The maximum Gasteiger partial charge on any atom is 0.335 e. The zero-order valence-corrected chi connectivity index (χ0v) is 21.5. The average molecular weight is 504 g/mol. The number of benzene rings is 2. The largest absolute Gasteiger partial charge is 0.478 e. The molecule has 7 nitrogen and oxygen atoms in total. The topological polar surface area (TPSA) is 81.2 Å². The van der Waals surface area contributed by atoms with Gasteiger partial charge < -0.3 is 10.0 Å². The first-order valence-electron chi connectivity index (χ1n) is 13.7. The SMILES string of the molecule is O=C(O)c1ccc2c(c1)N(C(=O)CN1CCC(Cc3ccccc3)CC1)CC(=O)N2CC1CCCCC1. The number of piperidine rings is 1. The molecule has 0 unspecified atom stereocenters. The molecule has 0 spiro atoms. The van der Waals surface area contributed by atoms with Crippen molar-refractivity contribution in [2.45, 2.75) is 51.4 Å². The molecule has 0 radical (unpaired) electrons. The Hall–Kier alpha value is -3.19. The van der Waals surface area contributed by atoms with Crippen LogP contribution < -0.4 is 9.80 Å². The first-order valence-corrected chi connectivity index (χ1v) is 13.7. The van der Waals surface area contributed by atoms with Gasteiger partial charge in [0.05, 0.1) is 23.5 Å².